The number of nitrogens with one attached hydrogen (secondary N) is 1. The Labute approximate surface area is 203 Å². The number of hydrogen-bond donors (Lipinski definition) is 1. The lowest BCUT2D eigenvalue weighted by Gasteiger charge is -2.38. The van der Waals surface area contributed by atoms with E-state index in [1.807, 2.05) is 36.9 Å². The number of para-hydroxylation sites is 1. The van der Waals surface area contributed by atoms with E-state index in [-0.39, 0.29) is 11.8 Å². The fraction of sp³-hybridized carbons (Fsp3) is 0.481. The van der Waals surface area contributed by atoms with E-state index in [2.05, 4.69) is 51.2 Å². The quantitative estimate of drug-likeness (QED) is 0.714. The van der Waals surface area contributed by atoms with Gasteiger partial charge in [0.1, 0.15) is 0 Å². The van der Waals surface area contributed by atoms with E-state index >= 15 is 0 Å². The number of amides is 2. The van der Waals surface area contributed by atoms with Crippen LogP contribution in [0.2, 0.25) is 0 Å². The summed E-state index contributed by atoms with van der Waals surface area (Å²) in [5.74, 6) is 0.235. The first kappa shape index (κ1) is 24.2. The number of nitrogens with zero attached hydrogens (tertiary/aromatic N) is 4. The number of carbonyl (C=O) groups is 2. The molecule has 182 valence electrons. The van der Waals surface area contributed by atoms with Crippen molar-refractivity contribution in [3.8, 4) is 0 Å². The topological polar surface area (TPSA) is 59.1 Å². The molecular weight excluding hydrogens is 426 g/mol. The molecule has 7 nitrogen and oxygen atoms in total. The minimum Gasteiger partial charge on any atom is -0.368 e. The molecule has 0 spiro atoms. The summed E-state index contributed by atoms with van der Waals surface area (Å²) in [7, 11) is 0. The minimum atomic E-state index is 0.0217. The molecule has 0 aliphatic carbocycles. The normalized spacial score (nSPS) is 17.6. The van der Waals surface area contributed by atoms with Crippen molar-refractivity contribution in [1.82, 2.24) is 14.7 Å². The Morgan fingerprint density at radius 3 is 1.97 bits per heavy atom. The third-order valence-electron chi connectivity index (χ3n) is 6.94. The lowest BCUT2D eigenvalue weighted by atomic mass is 10.1. The van der Waals surface area contributed by atoms with Gasteiger partial charge in [0.25, 0.3) is 0 Å². The molecule has 4 rings (SSSR count). The Bertz CT molecular complexity index is 988. The Balaban J connectivity index is 1.18. The van der Waals surface area contributed by atoms with Crippen LogP contribution in [0.5, 0.6) is 0 Å². The van der Waals surface area contributed by atoms with Crippen molar-refractivity contribution < 1.29 is 9.59 Å². The minimum absolute atomic E-state index is 0.0217. The summed E-state index contributed by atoms with van der Waals surface area (Å²) in [6.07, 6.45) is 0. The van der Waals surface area contributed by atoms with Gasteiger partial charge < -0.3 is 15.1 Å². The number of carbonyl (C=O) groups excluding carboxylic acids is 2. The summed E-state index contributed by atoms with van der Waals surface area (Å²) >= 11 is 0. The maximum Gasteiger partial charge on any atom is 0.238 e. The summed E-state index contributed by atoms with van der Waals surface area (Å²) in [4.78, 5) is 34.2. The molecule has 0 atom stereocenters. The predicted molar refractivity (Wildman–Crippen MR) is 137 cm³/mol. The van der Waals surface area contributed by atoms with Gasteiger partial charge in [-0.15, -0.1) is 0 Å². The number of benzene rings is 2. The second kappa shape index (κ2) is 11.0. The second-order valence-electron chi connectivity index (χ2n) is 9.57. The number of anilines is 2. The summed E-state index contributed by atoms with van der Waals surface area (Å²) < 4.78 is 0. The van der Waals surface area contributed by atoms with Gasteiger partial charge in [0.15, 0.2) is 0 Å². The first-order valence-electron chi connectivity index (χ1n) is 12.3. The van der Waals surface area contributed by atoms with Gasteiger partial charge in [-0.05, 0) is 49.6 Å². The van der Waals surface area contributed by atoms with Gasteiger partial charge in [-0.2, -0.15) is 0 Å². The van der Waals surface area contributed by atoms with Crippen molar-refractivity contribution in [3.05, 3.63) is 59.2 Å². The van der Waals surface area contributed by atoms with Gasteiger partial charge in [-0.3, -0.25) is 19.4 Å². The van der Waals surface area contributed by atoms with E-state index in [1.54, 1.807) is 0 Å². The van der Waals surface area contributed by atoms with Crippen molar-refractivity contribution in [2.24, 2.45) is 0 Å². The van der Waals surface area contributed by atoms with Crippen LogP contribution in [-0.4, -0.2) is 92.0 Å². The van der Waals surface area contributed by atoms with Gasteiger partial charge in [0.05, 0.1) is 13.1 Å². The lowest BCUT2D eigenvalue weighted by Crippen LogP contribution is -2.54. The summed E-state index contributed by atoms with van der Waals surface area (Å²) in [5, 5.41) is 3.07. The molecule has 2 aromatic rings. The van der Waals surface area contributed by atoms with Crippen molar-refractivity contribution in [3.63, 3.8) is 0 Å². The smallest absolute Gasteiger partial charge is 0.238 e. The maximum absolute atomic E-state index is 12.9. The first-order chi connectivity index (χ1) is 16.4. The van der Waals surface area contributed by atoms with E-state index in [9.17, 15) is 9.59 Å². The molecule has 2 amide bonds. The fourth-order valence-corrected chi connectivity index (χ4v) is 4.83. The maximum atomic E-state index is 12.9. The van der Waals surface area contributed by atoms with Crippen LogP contribution in [0.25, 0.3) is 0 Å². The van der Waals surface area contributed by atoms with E-state index in [0.29, 0.717) is 13.1 Å². The highest BCUT2D eigenvalue weighted by atomic mass is 16.2. The summed E-state index contributed by atoms with van der Waals surface area (Å²) in [6.45, 7) is 13.5. The number of hydrogen-bond acceptors (Lipinski definition) is 5. The van der Waals surface area contributed by atoms with Crippen LogP contribution in [0.3, 0.4) is 0 Å². The van der Waals surface area contributed by atoms with Crippen LogP contribution in [0.15, 0.2) is 42.5 Å². The average Bonchev–Trinajstić information content (AvgIpc) is 2.83. The fourth-order valence-electron chi connectivity index (χ4n) is 4.83. The van der Waals surface area contributed by atoms with E-state index in [0.717, 1.165) is 69.2 Å². The second-order valence-corrected chi connectivity index (χ2v) is 9.57. The zero-order valence-corrected chi connectivity index (χ0v) is 20.7. The highest BCUT2D eigenvalue weighted by Crippen LogP contribution is 2.20. The van der Waals surface area contributed by atoms with Crippen LogP contribution in [0, 0.1) is 20.8 Å². The third-order valence-corrected chi connectivity index (χ3v) is 6.94. The monoisotopic (exact) mass is 463 g/mol. The molecule has 2 heterocycles. The number of piperazine rings is 2. The molecule has 2 aliphatic rings. The van der Waals surface area contributed by atoms with E-state index in [1.165, 1.54) is 11.3 Å². The van der Waals surface area contributed by atoms with Crippen LogP contribution >= 0.6 is 0 Å². The Kier molecular flexibility index (Phi) is 7.85. The highest BCUT2D eigenvalue weighted by Gasteiger charge is 2.25. The van der Waals surface area contributed by atoms with Gasteiger partial charge in [-0.1, -0.05) is 30.3 Å². The molecule has 2 fully saturated rings. The first-order valence-corrected chi connectivity index (χ1v) is 12.3. The van der Waals surface area contributed by atoms with Crippen molar-refractivity contribution >= 4 is 23.2 Å². The Morgan fingerprint density at radius 1 is 0.765 bits per heavy atom. The molecule has 2 saturated heterocycles. The molecule has 2 aromatic carbocycles. The van der Waals surface area contributed by atoms with Crippen molar-refractivity contribution in [2.45, 2.75) is 20.8 Å². The van der Waals surface area contributed by atoms with Gasteiger partial charge in [0, 0.05) is 63.7 Å². The predicted octanol–water partition coefficient (Wildman–Crippen LogP) is 2.52. The molecule has 0 saturated carbocycles. The van der Waals surface area contributed by atoms with Crippen molar-refractivity contribution in [1.29, 1.82) is 0 Å². The molecule has 1 N–H and O–H groups in total. The molecule has 2 aliphatic heterocycles. The van der Waals surface area contributed by atoms with Gasteiger partial charge in [-0.25, -0.2) is 0 Å². The molecule has 0 unspecified atom stereocenters. The van der Waals surface area contributed by atoms with Gasteiger partial charge in [0.2, 0.25) is 11.8 Å². The zero-order chi connectivity index (χ0) is 24.1. The molecule has 0 bridgehead atoms. The Morgan fingerprint density at radius 2 is 1.35 bits per heavy atom. The van der Waals surface area contributed by atoms with Crippen molar-refractivity contribution in [2.75, 3.05) is 75.7 Å². The highest BCUT2D eigenvalue weighted by molar-refractivity contribution is 5.93. The SMILES string of the molecule is Cc1cccc(N2CCN(C(=O)CN3CCN(CC(=O)Nc4c(C)cccc4C)CC3)CC2)c1. The molecular formula is C27H37N5O2. The largest absolute Gasteiger partial charge is 0.368 e. The summed E-state index contributed by atoms with van der Waals surface area (Å²) in [6, 6.07) is 14.6. The van der Waals surface area contributed by atoms with Crippen LogP contribution in [-0.2, 0) is 9.59 Å². The average molecular weight is 464 g/mol. The van der Waals surface area contributed by atoms with Crippen LogP contribution in [0.1, 0.15) is 16.7 Å². The Hall–Kier alpha value is -2.90. The summed E-state index contributed by atoms with van der Waals surface area (Å²) in [5.41, 5.74) is 5.58. The zero-order valence-electron chi connectivity index (χ0n) is 20.7. The molecule has 0 aromatic heterocycles. The van der Waals surface area contributed by atoms with Crippen LogP contribution < -0.4 is 10.2 Å². The number of rotatable bonds is 6. The third kappa shape index (κ3) is 6.15. The van der Waals surface area contributed by atoms with Gasteiger partial charge >= 0.3 is 0 Å². The lowest BCUT2D eigenvalue weighted by molar-refractivity contribution is -0.133. The molecule has 0 radical (unpaired) electrons. The van der Waals surface area contributed by atoms with E-state index in [4.69, 9.17) is 0 Å². The molecule has 7 heteroatoms. The molecule has 34 heavy (non-hydrogen) atoms. The standard InChI is InChI=1S/C27H37N5O2/c1-21-6-4-9-24(18-21)31-14-16-32(17-15-31)26(34)20-30-12-10-29(11-13-30)19-25(33)28-27-22(2)7-5-8-23(27)3/h4-9,18H,10-17,19-20H2,1-3H3,(H,28,33). The van der Waals surface area contributed by atoms with Crippen LogP contribution in [0.4, 0.5) is 11.4 Å². The number of aryl methyl sites for hydroxylation is 3. The van der Waals surface area contributed by atoms with E-state index < -0.39 is 0 Å².